The standard InChI is InChI=1S/C18H37N5O3/c1-16(2,3)13(24)20-10-11-21-14(19-9)22-12-18(7,8)23-15(25)26-17(4,5)6/h10-12H2,1-9H3,(H,20,24)(H,23,25)(H2,19,21,22). The molecular formula is C18H37N5O3. The number of guanidine groups is 1. The van der Waals surface area contributed by atoms with Gasteiger partial charge in [-0.2, -0.15) is 0 Å². The number of amides is 2. The Bertz CT molecular complexity index is 502. The molecule has 0 heterocycles. The molecule has 0 spiro atoms. The van der Waals surface area contributed by atoms with Gasteiger partial charge in [-0.05, 0) is 34.6 Å². The fourth-order valence-electron chi connectivity index (χ4n) is 1.77. The number of ether oxygens (including phenoxy) is 1. The third kappa shape index (κ3) is 11.5. The van der Waals surface area contributed by atoms with Gasteiger partial charge < -0.3 is 26.0 Å². The van der Waals surface area contributed by atoms with Crippen molar-refractivity contribution in [3.63, 3.8) is 0 Å². The van der Waals surface area contributed by atoms with Gasteiger partial charge in [-0.1, -0.05) is 20.8 Å². The van der Waals surface area contributed by atoms with Crippen LogP contribution in [0, 0.1) is 5.41 Å². The van der Waals surface area contributed by atoms with Crippen LogP contribution in [-0.2, 0) is 9.53 Å². The molecule has 0 radical (unpaired) electrons. The van der Waals surface area contributed by atoms with Crippen LogP contribution >= 0.6 is 0 Å². The summed E-state index contributed by atoms with van der Waals surface area (Å²) in [6, 6.07) is 0. The van der Waals surface area contributed by atoms with Crippen LogP contribution in [0.1, 0.15) is 55.4 Å². The van der Waals surface area contributed by atoms with Gasteiger partial charge in [0.1, 0.15) is 5.60 Å². The number of aliphatic imine (C=N–C) groups is 1. The molecule has 8 nitrogen and oxygen atoms in total. The van der Waals surface area contributed by atoms with Crippen molar-refractivity contribution in [3.05, 3.63) is 0 Å². The summed E-state index contributed by atoms with van der Waals surface area (Å²) in [5.41, 5.74) is -1.47. The third-order valence-corrected chi connectivity index (χ3v) is 3.14. The third-order valence-electron chi connectivity index (χ3n) is 3.14. The number of alkyl carbamates (subject to hydrolysis) is 1. The van der Waals surface area contributed by atoms with E-state index in [4.69, 9.17) is 4.74 Å². The van der Waals surface area contributed by atoms with Gasteiger partial charge in [0.2, 0.25) is 5.91 Å². The van der Waals surface area contributed by atoms with Gasteiger partial charge in [0, 0.05) is 32.1 Å². The maximum Gasteiger partial charge on any atom is 0.408 e. The molecule has 0 saturated heterocycles. The molecule has 8 heteroatoms. The van der Waals surface area contributed by atoms with Crippen molar-refractivity contribution in [2.45, 2.75) is 66.5 Å². The lowest BCUT2D eigenvalue weighted by molar-refractivity contribution is -0.128. The highest BCUT2D eigenvalue weighted by Crippen LogP contribution is 2.11. The molecule has 152 valence electrons. The van der Waals surface area contributed by atoms with Crippen molar-refractivity contribution >= 4 is 18.0 Å². The summed E-state index contributed by atoms with van der Waals surface area (Å²) in [6.07, 6.45) is -0.461. The molecule has 2 amide bonds. The van der Waals surface area contributed by atoms with E-state index in [0.29, 0.717) is 25.6 Å². The van der Waals surface area contributed by atoms with Crippen LogP contribution in [-0.4, -0.2) is 55.8 Å². The fourth-order valence-corrected chi connectivity index (χ4v) is 1.77. The predicted molar refractivity (Wildman–Crippen MR) is 105 cm³/mol. The number of hydrogen-bond acceptors (Lipinski definition) is 4. The average Bonchev–Trinajstić information content (AvgIpc) is 2.42. The molecule has 0 aliphatic carbocycles. The van der Waals surface area contributed by atoms with Crippen LogP contribution in [0.3, 0.4) is 0 Å². The van der Waals surface area contributed by atoms with E-state index >= 15 is 0 Å². The molecule has 0 atom stereocenters. The number of nitrogens with one attached hydrogen (secondary N) is 4. The van der Waals surface area contributed by atoms with Gasteiger partial charge in [-0.15, -0.1) is 0 Å². The van der Waals surface area contributed by atoms with E-state index in [-0.39, 0.29) is 5.91 Å². The van der Waals surface area contributed by atoms with Crippen molar-refractivity contribution in [1.29, 1.82) is 0 Å². The lowest BCUT2D eigenvalue weighted by Crippen LogP contribution is -2.54. The first-order chi connectivity index (χ1) is 11.7. The van der Waals surface area contributed by atoms with Crippen molar-refractivity contribution in [2.24, 2.45) is 10.4 Å². The monoisotopic (exact) mass is 371 g/mol. The minimum absolute atomic E-state index is 0.00457. The molecule has 26 heavy (non-hydrogen) atoms. The number of hydrogen-bond donors (Lipinski definition) is 4. The van der Waals surface area contributed by atoms with Crippen LogP contribution in [0.2, 0.25) is 0 Å². The normalized spacial score (nSPS) is 13.0. The lowest BCUT2D eigenvalue weighted by Gasteiger charge is -2.29. The van der Waals surface area contributed by atoms with Gasteiger partial charge >= 0.3 is 6.09 Å². The molecule has 0 aliphatic rings. The summed E-state index contributed by atoms with van der Waals surface area (Å²) in [5.74, 6) is 0.596. The molecule has 0 bridgehead atoms. The highest BCUT2D eigenvalue weighted by Gasteiger charge is 2.25. The molecule has 0 aromatic rings. The lowest BCUT2D eigenvalue weighted by atomic mass is 9.96. The summed E-state index contributed by atoms with van der Waals surface area (Å²) in [4.78, 5) is 27.8. The second-order valence-electron chi connectivity index (χ2n) is 8.87. The Labute approximate surface area is 157 Å². The van der Waals surface area contributed by atoms with E-state index in [1.807, 2.05) is 55.4 Å². The van der Waals surface area contributed by atoms with Crippen LogP contribution in [0.5, 0.6) is 0 Å². The summed E-state index contributed by atoms with van der Waals surface area (Å²) in [5, 5.41) is 12.0. The first-order valence-corrected chi connectivity index (χ1v) is 8.90. The molecular weight excluding hydrogens is 334 g/mol. The second kappa shape index (κ2) is 9.64. The Balaban J connectivity index is 4.28. The molecule has 0 aromatic heterocycles. The largest absolute Gasteiger partial charge is 0.444 e. The quantitative estimate of drug-likeness (QED) is 0.323. The Morgan fingerprint density at radius 3 is 1.88 bits per heavy atom. The minimum Gasteiger partial charge on any atom is -0.444 e. The fraction of sp³-hybridized carbons (Fsp3) is 0.833. The van der Waals surface area contributed by atoms with E-state index in [2.05, 4.69) is 26.3 Å². The van der Waals surface area contributed by atoms with E-state index in [9.17, 15) is 9.59 Å². The van der Waals surface area contributed by atoms with Crippen LogP contribution in [0.25, 0.3) is 0 Å². The van der Waals surface area contributed by atoms with E-state index in [1.165, 1.54) is 0 Å². The van der Waals surface area contributed by atoms with Crippen LogP contribution in [0.4, 0.5) is 4.79 Å². The Kier molecular flexibility index (Phi) is 8.90. The summed E-state index contributed by atoms with van der Waals surface area (Å²) < 4.78 is 5.27. The zero-order chi connectivity index (χ0) is 20.6. The van der Waals surface area contributed by atoms with E-state index < -0.39 is 22.6 Å². The number of rotatable bonds is 6. The van der Waals surface area contributed by atoms with Gasteiger partial charge in [0.25, 0.3) is 0 Å². The molecule has 0 rings (SSSR count). The minimum atomic E-state index is -0.539. The van der Waals surface area contributed by atoms with Crippen molar-refractivity contribution < 1.29 is 14.3 Å². The van der Waals surface area contributed by atoms with Crippen molar-refractivity contribution in [1.82, 2.24) is 21.3 Å². The SMILES string of the molecule is CN=C(NCCNC(=O)C(C)(C)C)NCC(C)(C)NC(=O)OC(C)(C)C. The highest BCUT2D eigenvalue weighted by molar-refractivity contribution is 5.82. The van der Waals surface area contributed by atoms with Gasteiger partial charge in [0.15, 0.2) is 5.96 Å². The molecule has 4 N–H and O–H groups in total. The molecule has 0 unspecified atom stereocenters. The molecule has 0 aliphatic heterocycles. The van der Waals surface area contributed by atoms with Crippen LogP contribution in [0.15, 0.2) is 4.99 Å². The zero-order valence-electron chi connectivity index (χ0n) is 17.8. The van der Waals surface area contributed by atoms with Crippen molar-refractivity contribution in [2.75, 3.05) is 26.7 Å². The Hall–Kier alpha value is -1.99. The summed E-state index contributed by atoms with van der Waals surface area (Å²) in [7, 11) is 1.66. The summed E-state index contributed by atoms with van der Waals surface area (Å²) >= 11 is 0. The van der Waals surface area contributed by atoms with Gasteiger partial charge in [0.05, 0.1) is 5.54 Å². The Morgan fingerprint density at radius 1 is 0.885 bits per heavy atom. The molecule has 0 aromatic carbocycles. The first kappa shape index (κ1) is 24.0. The highest BCUT2D eigenvalue weighted by atomic mass is 16.6. The predicted octanol–water partition coefficient (Wildman–Crippen LogP) is 1.62. The number of carbonyl (C=O) groups is 2. The Morgan fingerprint density at radius 2 is 1.42 bits per heavy atom. The second-order valence-corrected chi connectivity index (χ2v) is 8.87. The molecule has 0 fully saturated rings. The maximum absolute atomic E-state index is 11.9. The zero-order valence-corrected chi connectivity index (χ0v) is 17.8. The van der Waals surface area contributed by atoms with Gasteiger partial charge in [-0.25, -0.2) is 4.79 Å². The summed E-state index contributed by atoms with van der Waals surface area (Å²) in [6.45, 7) is 16.4. The average molecular weight is 372 g/mol. The molecule has 0 saturated carbocycles. The number of nitrogens with zero attached hydrogens (tertiary/aromatic N) is 1. The van der Waals surface area contributed by atoms with Crippen molar-refractivity contribution in [3.8, 4) is 0 Å². The van der Waals surface area contributed by atoms with E-state index in [0.717, 1.165) is 0 Å². The van der Waals surface area contributed by atoms with E-state index in [1.54, 1.807) is 7.05 Å². The van der Waals surface area contributed by atoms with Gasteiger partial charge in [-0.3, -0.25) is 9.79 Å². The first-order valence-electron chi connectivity index (χ1n) is 8.90. The maximum atomic E-state index is 11.9. The smallest absolute Gasteiger partial charge is 0.408 e. The van der Waals surface area contributed by atoms with Crippen LogP contribution < -0.4 is 21.3 Å². The number of carbonyl (C=O) groups excluding carboxylic acids is 2. The topological polar surface area (TPSA) is 104 Å².